The van der Waals surface area contributed by atoms with Crippen LogP contribution in [0.1, 0.15) is 59.8 Å². The van der Waals surface area contributed by atoms with Gasteiger partial charge >= 0.3 is 0 Å². The molecule has 16 heavy (non-hydrogen) atoms. The van der Waals surface area contributed by atoms with Crippen LogP contribution in [0, 0.1) is 11.3 Å². The molecule has 0 aromatic carbocycles. The van der Waals surface area contributed by atoms with Gasteiger partial charge in [0.2, 0.25) is 0 Å². The fourth-order valence-electron chi connectivity index (χ4n) is 1.88. The van der Waals surface area contributed by atoms with Crippen molar-refractivity contribution in [1.82, 2.24) is 5.32 Å². The first-order chi connectivity index (χ1) is 7.49. The molecule has 0 spiro atoms. The highest BCUT2D eigenvalue weighted by Gasteiger charge is 2.08. The van der Waals surface area contributed by atoms with E-state index in [9.17, 15) is 0 Å². The summed E-state index contributed by atoms with van der Waals surface area (Å²) in [5, 5.41) is 12.4. The Hall–Kier alpha value is -0.0800. The molecule has 0 aromatic heterocycles. The van der Waals surface area contributed by atoms with Crippen LogP contribution in [0.5, 0.6) is 0 Å². The molecule has 98 valence electrons. The van der Waals surface area contributed by atoms with Crippen molar-refractivity contribution in [2.24, 2.45) is 11.3 Å². The lowest BCUT2D eigenvalue weighted by Gasteiger charge is -2.19. The van der Waals surface area contributed by atoms with Gasteiger partial charge in [-0.25, -0.2) is 0 Å². The molecule has 0 rings (SSSR count). The van der Waals surface area contributed by atoms with Crippen LogP contribution in [0.15, 0.2) is 0 Å². The van der Waals surface area contributed by atoms with Gasteiger partial charge in [-0.2, -0.15) is 0 Å². The first kappa shape index (κ1) is 15.9. The maximum absolute atomic E-state index is 8.89. The molecule has 0 saturated carbocycles. The molecule has 2 heteroatoms. The number of nitrogens with one attached hydrogen (secondary N) is 1. The van der Waals surface area contributed by atoms with Crippen molar-refractivity contribution in [2.45, 2.75) is 59.8 Å². The van der Waals surface area contributed by atoms with Crippen molar-refractivity contribution in [3.8, 4) is 0 Å². The van der Waals surface area contributed by atoms with Crippen LogP contribution in [-0.4, -0.2) is 24.8 Å². The molecule has 0 bridgehead atoms. The topological polar surface area (TPSA) is 32.3 Å². The molecule has 2 N–H and O–H groups in total. The second kappa shape index (κ2) is 9.00. The van der Waals surface area contributed by atoms with E-state index in [0.29, 0.717) is 12.0 Å². The standard InChI is InChI=1S/C14H31NO/c1-5-13(9-11-16)8-6-7-10-15-12-14(2,3)4/h13,15-16H,5-12H2,1-4H3. The van der Waals surface area contributed by atoms with E-state index in [1.807, 2.05) is 0 Å². The molecular formula is C14H31NO. The highest BCUT2D eigenvalue weighted by Crippen LogP contribution is 2.16. The van der Waals surface area contributed by atoms with Crippen LogP contribution >= 0.6 is 0 Å². The molecule has 0 saturated heterocycles. The second-order valence-corrected chi connectivity index (χ2v) is 6.02. The van der Waals surface area contributed by atoms with Crippen molar-refractivity contribution in [1.29, 1.82) is 0 Å². The normalized spacial score (nSPS) is 14.1. The summed E-state index contributed by atoms with van der Waals surface area (Å²) in [5.74, 6) is 0.729. The van der Waals surface area contributed by atoms with Crippen molar-refractivity contribution < 1.29 is 5.11 Å². The van der Waals surface area contributed by atoms with E-state index in [1.54, 1.807) is 0 Å². The Labute approximate surface area is 102 Å². The summed E-state index contributed by atoms with van der Waals surface area (Å²) in [6, 6.07) is 0. The van der Waals surface area contributed by atoms with Crippen LogP contribution in [0.3, 0.4) is 0 Å². The fourth-order valence-corrected chi connectivity index (χ4v) is 1.88. The average Bonchev–Trinajstić information content (AvgIpc) is 2.20. The maximum atomic E-state index is 8.89. The van der Waals surface area contributed by atoms with Crippen LogP contribution in [0.2, 0.25) is 0 Å². The van der Waals surface area contributed by atoms with Gasteiger partial charge in [0, 0.05) is 6.61 Å². The van der Waals surface area contributed by atoms with Crippen LogP contribution in [0.4, 0.5) is 0 Å². The molecule has 1 unspecified atom stereocenters. The molecule has 1 atom stereocenters. The van der Waals surface area contributed by atoms with Gasteiger partial charge in [0.1, 0.15) is 0 Å². The zero-order valence-electron chi connectivity index (χ0n) is 11.7. The predicted molar refractivity (Wildman–Crippen MR) is 71.7 cm³/mol. The zero-order chi connectivity index (χ0) is 12.4. The lowest BCUT2D eigenvalue weighted by Crippen LogP contribution is -2.27. The Morgan fingerprint density at radius 1 is 1.12 bits per heavy atom. The fraction of sp³-hybridized carbons (Fsp3) is 1.00. The number of aliphatic hydroxyl groups is 1. The van der Waals surface area contributed by atoms with Crippen LogP contribution in [-0.2, 0) is 0 Å². The number of hydrogen-bond acceptors (Lipinski definition) is 2. The molecule has 0 aliphatic carbocycles. The lowest BCUT2D eigenvalue weighted by molar-refractivity contribution is 0.246. The Morgan fingerprint density at radius 3 is 2.31 bits per heavy atom. The van der Waals surface area contributed by atoms with E-state index in [4.69, 9.17) is 5.11 Å². The lowest BCUT2D eigenvalue weighted by atomic mass is 9.95. The molecule has 0 aromatic rings. The molecule has 0 amide bonds. The quantitative estimate of drug-likeness (QED) is 0.595. The first-order valence-corrected chi connectivity index (χ1v) is 6.81. The summed E-state index contributed by atoms with van der Waals surface area (Å²) >= 11 is 0. The molecule has 0 heterocycles. The number of hydrogen-bond donors (Lipinski definition) is 2. The van der Waals surface area contributed by atoms with Gasteiger partial charge < -0.3 is 10.4 Å². The first-order valence-electron chi connectivity index (χ1n) is 6.81. The second-order valence-electron chi connectivity index (χ2n) is 6.02. The van der Waals surface area contributed by atoms with E-state index < -0.39 is 0 Å². The van der Waals surface area contributed by atoms with Crippen molar-refractivity contribution in [3.05, 3.63) is 0 Å². The van der Waals surface area contributed by atoms with Gasteiger partial charge in [-0.05, 0) is 37.3 Å². The molecular weight excluding hydrogens is 198 g/mol. The van der Waals surface area contributed by atoms with E-state index in [2.05, 4.69) is 33.0 Å². The minimum Gasteiger partial charge on any atom is -0.396 e. The van der Waals surface area contributed by atoms with E-state index in [-0.39, 0.29) is 0 Å². The van der Waals surface area contributed by atoms with Gasteiger partial charge in [-0.3, -0.25) is 0 Å². The SMILES string of the molecule is CCC(CCO)CCCCNCC(C)(C)C. The average molecular weight is 229 g/mol. The minimum absolute atomic E-state index is 0.348. The van der Waals surface area contributed by atoms with E-state index in [0.717, 1.165) is 25.4 Å². The third kappa shape index (κ3) is 10.4. The summed E-state index contributed by atoms with van der Waals surface area (Å²) in [4.78, 5) is 0. The monoisotopic (exact) mass is 229 g/mol. The summed E-state index contributed by atoms with van der Waals surface area (Å²) in [7, 11) is 0. The van der Waals surface area contributed by atoms with E-state index >= 15 is 0 Å². The summed E-state index contributed by atoms with van der Waals surface area (Å²) < 4.78 is 0. The van der Waals surface area contributed by atoms with Gasteiger partial charge in [-0.15, -0.1) is 0 Å². The van der Waals surface area contributed by atoms with Crippen molar-refractivity contribution in [3.63, 3.8) is 0 Å². The number of aliphatic hydroxyl groups excluding tert-OH is 1. The Kier molecular flexibility index (Phi) is 8.96. The van der Waals surface area contributed by atoms with Gasteiger partial charge in [0.15, 0.2) is 0 Å². The molecule has 0 fully saturated rings. The summed E-state index contributed by atoms with van der Waals surface area (Å²) in [6.07, 6.45) is 6.00. The third-order valence-corrected chi connectivity index (χ3v) is 2.99. The molecule has 0 radical (unpaired) electrons. The zero-order valence-corrected chi connectivity index (χ0v) is 11.7. The third-order valence-electron chi connectivity index (χ3n) is 2.99. The van der Waals surface area contributed by atoms with E-state index in [1.165, 1.54) is 25.7 Å². The molecule has 0 aliphatic rings. The largest absolute Gasteiger partial charge is 0.396 e. The van der Waals surface area contributed by atoms with Crippen LogP contribution in [0.25, 0.3) is 0 Å². The Morgan fingerprint density at radius 2 is 1.81 bits per heavy atom. The van der Waals surface area contributed by atoms with Gasteiger partial charge in [-0.1, -0.05) is 47.0 Å². The van der Waals surface area contributed by atoms with Gasteiger partial charge in [0.05, 0.1) is 0 Å². The minimum atomic E-state index is 0.348. The van der Waals surface area contributed by atoms with Crippen molar-refractivity contribution in [2.75, 3.05) is 19.7 Å². The number of rotatable bonds is 9. The summed E-state index contributed by atoms with van der Waals surface area (Å²) in [5.41, 5.74) is 0.392. The smallest absolute Gasteiger partial charge is 0.0433 e. The molecule has 0 aliphatic heterocycles. The van der Waals surface area contributed by atoms with Crippen molar-refractivity contribution >= 4 is 0 Å². The maximum Gasteiger partial charge on any atom is 0.0433 e. The highest BCUT2D eigenvalue weighted by atomic mass is 16.3. The molecule has 2 nitrogen and oxygen atoms in total. The summed E-state index contributed by atoms with van der Waals surface area (Å²) in [6.45, 7) is 11.6. The van der Waals surface area contributed by atoms with Gasteiger partial charge in [0.25, 0.3) is 0 Å². The number of unbranched alkanes of at least 4 members (excludes halogenated alkanes) is 1. The highest BCUT2D eigenvalue weighted by molar-refractivity contribution is 4.65. The van der Waals surface area contributed by atoms with Crippen LogP contribution < -0.4 is 5.32 Å². The predicted octanol–water partition coefficient (Wildman–Crippen LogP) is 3.20. The Bertz CT molecular complexity index is 151. The Balaban J connectivity index is 3.32.